The van der Waals surface area contributed by atoms with Crippen molar-refractivity contribution in [1.29, 1.82) is 0 Å². The van der Waals surface area contributed by atoms with Gasteiger partial charge in [-0.3, -0.25) is 4.79 Å². The van der Waals surface area contributed by atoms with E-state index in [1.54, 1.807) is 48.5 Å². The summed E-state index contributed by atoms with van der Waals surface area (Å²) in [5.74, 6) is 0.905. The zero-order valence-corrected chi connectivity index (χ0v) is 20.6. The van der Waals surface area contributed by atoms with E-state index < -0.39 is 0 Å². The smallest absolute Gasteiger partial charge is 0.296 e. The van der Waals surface area contributed by atoms with E-state index in [-0.39, 0.29) is 5.91 Å². The molecule has 4 aromatic rings. The van der Waals surface area contributed by atoms with E-state index in [9.17, 15) is 4.79 Å². The Morgan fingerprint density at radius 1 is 0.806 bits per heavy atom. The Bertz CT molecular complexity index is 1350. The Kier molecular flexibility index (Phi) is 7.01. The molecule has 0 unspecified atom stereocenters. The van der Waals surface area contributed by atoms with Crippen LogP contribution in [0.25, 0.3) is 11.1 Å². The number of hydrogen-bond donors (Lipinski definition) is 0. The van der Waals surface area contributed by atoms with Crippen molar-refractivity contribution in [2.75, 3.05) is 6.61 Å². The maximum Gasteiger partial charge on any atom is 0.296 e. The van der Waals surface area contributed by atoms with Gasteiger partial charge in [0.15, 0.2) is 0 Å². The van der Waals surface area contributed by atoms with Crippen LogP contribution in [-0.2, 0) is 17.8 Å². The molecule has 0 fully saturated rings. The first-order valence-electron chi connectivity index (χ1n) is 11.8. The normalized spacial score (nSPS) is 12.8. The maximum absolute atomic E-state index is 13.1. The van der Waals surface area contributed by atoms with Crippen LogP contribution in [0.2, 0.25) is 5.02 Å². The number of amides is 1. The van der Waals surface area contributed by atoms with Gasteiger partial charge in [-0.15, -0.1) is 0 Å². The summed E-state index contributed by atoms with van der Waals surface area (Å²) in [6.45, 7) is 3.47. The van der Waals surface area contributed by atoms with E-state index in [4.69, 9.17) is 21.1 Å². The number of aliphatic imine (C=N–C) groups is 1. The van der Waals surface area contributed by atoms with Gasteiger partial charge >= 0.3 is 0 Å². The number of benzene rings is 4. The predicted octanol–water partition coefficient (Wildman–Crippen LogP) is 7.35. The van der Waals surface area contributed by atoms with Gasteiger partial charge in [0.25, 0.3) is 11.9 Å². The zero-order chi connectivity index (χ0) is 24.9. The van der Waals surface area contributed by atoms with E-state index in [0.717, 1.165) is 11.1 Å². The third kappa shape index (κ3) is 5.26. The summed E-state index contributed by atoms with van der Waals surface area (Å²) >= 11 is 5.93. The van der Waals surface area contributed by atoms with Gasteiger partial charge < -0.3 is 14.4 Å². The van der Waals surface area contributed by atoms with Crippen molar-refractivity contribution < 1.29 is 14.3 Å². The molecule has 6 heteroatoms. The van der Waals surface area contributed by atoms with Gasteiger partial charge in [0.05, 0.1) is 6.61 Å². The molecule has 1 amide bonds. The molecule has 0 N–H and O–H groups in total. The molecule has 5 nitrogen and oxygen atoms in total. The van der Waals surface area contributed by atoms with E-state index in [2.05, 4.69) is 29.3 Å². The second-order valence-corrected chi connectivity index (χ2v) is 8.82. The predicted molar refractivity (Wildman–Crippen MR) is 142 cm³/mol. The molecule has 0 saturated carbocycles. The van der Waals surface area contributed by atoms with Gasteiger partial charge in [-0.25, -0.2) is 0 Å². The average Bonchev–Trinajstić information content (AvgIpc) is 3.07. The fraction of sp³-hybridized carbons (Fsp3) is 0.133. The number of carbonyl (C=O) groups is 1. The van der Waals surface area contributed by atoms with Gasteiger partial charge in [-0.1, -0.05) is 60.1 Å². The highest BCUT2D eigenvalue weighted by molar-refractivity contribution is 6.30. The number of carbonyl (C=O) groups excluding carboxylic acids is 1. The quantitative estimate of drug-likeness (QED) is 0.219. The van der Waals surface area contributed by atoms with E-state index in [0.29, 0.717) is 47.8 Å². The summed E-state index contributed by atoms with van der Waals surface area (Å²) in [7, 11) is 0. The lowest BCUT2D eigenvalue weighted by Crippen LogP contribution is -2.32. The van der Waals surface area contributed by atoms with Crippen molar-refractivity contribution >= 4 is 23.5 Å². The number of fused-ring (bicyclic) bond motifs is 3. The summed E-state index contributed by atoms with van der Waals surface area (Å²) < 4.78 is 11.7. The zero-order valence-electron chi connectivity index (χ0n) is 19.9. The lowest BCUT2D eigenvalue weighted by atomic mass is 9.97. The summed E-state index contributed by atoms with van der Waals surface area (Å²) in [4.78, 5) is 19.5. The molecule has 1 aliphatic rings. The van der Waals surface area contributed by atoms with Gasteiger partial charge in [-0.2, -0.15) is 4.99 Å². The van der Waals surface area contributed by atoms with Crippen LogP contribution in [-0.4, -0.2) is 23.4 Å². The molecule has 0 saturated heterocycles. The molecule has 0 radical (unpaired) electrons. The van der Waals surface area contributed by atoms with Crippen LogP contribution in [0.1, 0.15) is 28.4 Å². The molecule has 36 heavy (non-hydrogen) atoms. The van der Waals surface area contributed by atoms with Crippen molar-refractivity contribution in [2.45, 2.75) is 20.0 Å². The highest BCUT2D eigenvalue weighted by atomic mass is 35.5. The second-order valence-electron chi connectivity index (χ2n) is 8.38. The summed E-state index contributed by atoms with van der Waals surface area (Å²) in [5, 5.41) is 0.641. The number of halogens is 1. The number of ether oxygens (including phenoxy) is 2. The molecule has 1 heterocycles. The van der Waals surface area contributed by atoms with Gasteiger partial charge in [-0.05, 0) is 77.7 Å². The summed E-state index contributed by atoms with van der Waals surface area (Å²) in [6.07, 6.45) is 0. The van der Waals surface area contributed by atoms with Gasteiger partial charge in [0, 0.05) is 23.7 Å². The first-order chi connectivity index (χ1) is 17.6. The van der Waals surface area contributed by atoms with Crippen LogP contribution >= 0.6 is 11.6 Å². The number of nitrogens with zero attached hydrogens (tertiary/aromatic N) is 2. The van der Waals surface area contributed by atoms with Crippen LogP contribution in [0, 0.1) is 0 Å². The van der Waals surface area contributed by atoms with E-state index >= 15 is 0 Å². The average molecular weight is 497 g/mol. The fourth-order valence-corrected chi connectivity index (χ4v) is 4.35. The molecular formula is C30H25ClN2O3. The monoisotopic (exact) mass is 496 g/mol. The minimum atomic E-state index is -0.373. The molecule has 0 aromatic heterocycles. The van der Waals surface area contributed by atoms with Crippen LogP contribution in [0.4, 0.5) is 0 Å². The maximum atomic E-state index is 13.1. The standard InChI is InChI=1S/C30H25ClN2O3/c1-2-35-30(33-19-22-7-3-5-9-27(22)28-10-6-4-8-23(28)20-33)32-29(34)21-11-15-25(16-12-21)36-26-17-13-24(31)14-18-26/h3-18H,2,19-20H2,1H3/b32-30-. The molecule has 0 bridgehead atoms. The lowest BCUT2D eigenvalue weighted by Gasteiger charge is -2.24. The largest absolute Gasteiger partial charge is 0.465 e. The first kappa shape index (κ1) is 23.6. The van der Waals surface area contributed by atoms with Crippen molar-refractivity contribution in [2.24, 2.45) is 4.99 Å². The molecule has 5 rings (SSSR count). The van der Waals surface area contributed by atoms with Crippen molar-refractivity contribution in [3.8, 4) is 22.6 Å². The van der Waals surface area contributed by atoms with Crippen molar-refractivity contribution in [3.05, 3.63) is 119 Å². The van der Waals surface area contributed by atoms with E-state index in [1.807, 2.05) is 36.1 Å². The Balaban J connectivity index is 1.39. The Labute approximate surface area is 215 Å². The second kappa shape index (κ2) is 10.7. The molecule has 0 atom stereocenters. The van der Waals surface area contributed by atoms with Crippen LogP contribution < -0.4 is 4.74 Å². The topological polar surface area (TPSA) is 51.1 Å². The third-order valence-corrected chi connectivity index (χ3v) is 6.19. The van der Waals surface area contributed by atoms with Gasteiger partial charge in [0.2, 0.25) is 0 Å². The molecule has 0 aliphatic carbocycles. The van der Waals surface area contributed by atoms with E-state index in [1.165, 1.54) is 11.1 Å². The number of amidine groups is 1. The summed E-state index contributed by atoms with van der Waals surface area (Å²) in [5.41, 5.74) is 5.14. The van der Waals surface area contributed by atoms with Crippen LogP contribution in [0.3, 0.4) is 0 Å². The Morgan fingerprint density at radius 3 is 1.89 bits per heavy atom. The van der Waals surface area contributed by atoms with Crippen LogP contribution in [0.15, 0.2) is 102 Å². The molecular weight excluding hydrogens is 472 g/mol. The minimum Gasteiger partial charge on any atom is -0.465 e. The SMILES string of the molecule is CCO/C(=N\C(=O)c1ccc(Oc2ccc(Cl)cc2)cc1)N1Cc2ccccc2-c2ccccc2C1. The minimum absolute atomic E-state index is 0.315. The third-order valence-electron chi connectivity index (χ3n) is 5.94. The molecule has 1 aliphatic heterocycles. The first-order valence-corrected chi connectivity index (χ1v) is 12.2. The number of hydrogen-bond acceptors (Lipinski definition) is 3. The van der Waals surface area contributed by atoms with Gasteiger partial charge in [0.1, 0.15) is 11.5 Å². The Hall–Kier alpha value is -4.09. The van der Waals surface area contributed by atoms with Crippen molar-refractivity contribution in [3.63, 3.8) is 0 Å². The van der Waals surface area contributed by atoms with Crippen LogP contribution in [0.5, 0.6) is 11.5 Å². The molecule has 4 aromatic carbocycles. The highest BCUT2D eigenvalue weighted by Gasteiger charge is 2.23. The summed E-state index contributed by atoms with van der Waals surface area (Å²) in [6, 6.07) is 30.9. The Morgan fingerprint density at radius 2 is 1.33 bits per heavy atom. The van der Waals surface area contributed by atoms with Crippen molar-refractivity contribution in [1.82, 2.24) is 4.90 Å². The number of rotatable bonds is 4. The lowest BCUT2D eigenvalue weighted by molar-refractivity contribution is 0.0993. The fourth-order valence-electron chi connectivity index (χ4n) is 4.22. The molecule has 0 spiro atoms. The molecule has 180 valence electrons. The highest BCUT2D eigenvalue weighted by Crippen LogP contribution is 2.32.